The van der Waals surface area contributed by atoms with Gasteiger partial charge in [0.15, 0.2) is 0 Å². The summed E-state index contributed by atoms with van der Waals surface area (Å²) in [5, 5.41) is 4.80. The highest BCUT2D eigenvalue weighted by Crippen LogP contribution is 2.16. The van der Waals surface area contributed by atoms with Crippen LogP contribution in [0, 0.1) is 0 Å². The number of carbonyl (C=O) groups excluding carboxylic acids is 2. The van der Waals surface area contributed by atoms with Crippen LogP contribution in [-0.2, 0) is 16.1 Å². The van der Waals surface area contributed by atoms with Gasteiger partial charge in [0.1, 0.15) is 5.75 Å². The Hall–Kier alpha value is -2.64. The van der Waals surface area contributed by atoms with Crippen molar-refractivity contribution < 1.29 is 14.3 Å². The molecule has 0 fully saturated rings. The van der Waals surface area contributed by atoms with Crippen LogP contribution < -0.4 is 10.1 Å². The number of hydrogen-bond donors (Lipinski definition) is 1. The molecule has 0 aliphatic rings. The maximum Gasteiger partial charge on any atom is 0.238 e. The van der Waals surface area contributed by atoms with Crippen molar-refractivity contribution in [1.82, 2.24) is 9.80 Å². The second-order valence-electron chi connectivity index (χ2n) is 6.09. The first-order valence-corrected chi connectivity index (χ1v) is 9.43. The molecule has 1 N–H and O–H groups in total. The molecule has 0 aliphatic heterocycles. The van der Waals surface area contributed by atoms with Gasteiger partial charge in [-0.1, -0.05) is 18.2 Å². The lowest BCUT2D eigenvalue weighted by molar-refractivity contribution is -0.132. The third-order valence-corrected chi connectivity index (χ3v) is 4.66. The minimum atomic E-state index is -0.188. The number of hydrogen-bond acceptors (Lipinski definition) is 5. The molecule has 6 nitrogen and oxygen atoms in total. The molecule has 0 spiro atoms. The minimum Gasteiger partial charge on any atom is -0.497 e. The van der Waals surface area contributed by atoms with Gasteiger partial charge in [-0.05, 0) is 30.6 Å². The Morgan fingerprint density at radius 3 is 2.74 bits per heavy atom. The van der Waals surface area contributed by atoms with Crippen molar-refractivity contribution in [2.75, 3.05) is 39.1 Å². The summed E-state index contributed by atoms with van der Waals surface area (Å²) in [7, 11) is 3.33. The summed E-state index contributed by atoms with van der Waals surface area (Å²) in [5.41, 5.74) is 0.657. The van der Waals surface area contributed by atoms with E-state index >= 15 is 0 Å². The van der Waals surface area contributed by atoms with E-state index in [0.29, 0.717) is 24.5 Å². The highest BCUT2D eigenvalue weighted by Gasteiger charge is 2.17. The Balaban J connectivity index is 1.86. The number of nitrogens with one attached hydrogen (secondary N) is 1. The van der Waals surface area contributed by atoms with Crippen LogP contribution in [0.15, 0.2) is 54.4 Å². The number of thiophene rings is 1. The van der Waals surface area contributed by atoms with Gasteiger partial charge in [-0.3, -0.25) is 14.5 Å². The van der Waals surface area contributed by atoms with Gasteiger partial charge in [-0.15, -0.1) is 17.9 Å². The lowest BCUT2D eigenvalue weighted by Gasteiger charge is -2.24. The molecule has 0 saturated carbocycles. The molecule has 1 heterocycles. The van der Waals surface area contributed by atoms with Crippen LogP contribution >= 0.6 is 11.3 Å². The third kappa shape index (κ3) is 6.88. The molecule has 2 aromatic rings. The molecule has 27 heavy (non-hydrogen) atoms. The van der Waals surface area contributed by atoms with E-state index in [-0.39, 0.29) is 24.9 Å². The van der Waals surface area contributed by atoms with Crippen LogP contribution in [0.25, 0.3) is 0 Å². The highest BCUT2D eigenvalue weighted by atomic mass is 32.1. The standard InChI is InChI=1S/C20H25N3O3S/c1-4-10-23(13-18-9-6-11-27-18)20(25)15-22(2)14-19(24)21-16-7-5-8-17(12-16)26-3/h4-9,11-12H,1,10,13-15H2,2-3H3,(H,21,24). The first-order chi connectivity index (χ1) is 13.0. The van der Waals surface area contributed by atoms with Crippen molar-refractivity contribution in [2.45, 2.75) is 6.54 Å². The van der Waals surface area contributed by atoms with Gasteiger partial charge in [-0.2, -0.15) is 0 Å². The Kier molecular flexibility index (Phi) is 8.03. The largest absolute Gasteiger partial charge is 0.497 e. The fourth-order valence-corrected chi connectivity index (χ4v) is 3.25. The van der Waals surface area contributed by atoms with E-state index in [4.69, 9.17) is 4.74 Å². The number of anilines is 1. The van der Waals surface area contributed by atoms with Crippen LogP contribution in [-0.4, -0.2) is 55.4 Å². The average molecular weight is 388 g/mol. The molecule has 144 valence electrons. The van der Waals surface area contributed by atoms with Gasteiger partial charge in [0, 0.05) is 23.2 Å². The zero-order valence-electron chi connectivity index (χ0n) is 15.7. The average Bonchev–Trinajstić information content (AvgIpc) is 3.14. The molecule has 1 aromatic carbocycles. The summed E-state index contributed by atoms with van der Waals surface area (Å²) >= 11 is 1.61. The Labute approximate surface area is 164 Å². The summed E-state index contributed by atoms with van der Waals surface area (Å²) in [6, 6.07) is 11.1. The number of nitrogens with zero attached hydrogens (tertiary/aromatic N) is 2. The highest BCUT2D eigenvalue weighted by molar-refractivity contribution is 7.09. The lowest BCUT2D eigenvalue weighted by Crippen LogP contribution is -2.41. The summed E-state index contributed by atoms with van der Waals surface area (Å²) in [5.74, 6) is 0.442. The van der Waals surface area contributed by atoms with Gasteiger partial charge in [0.05, 0.1) is 26.7 Å². The fourth-order valence-electron chi connectivity index (χ4n) is 2.53. The monoisotopic (exact) mass is 387 g/mol. The number of likely N-dealkylation sites (N-methyl/N-ethyl adjacent to an activating group) is 1. The van der Waals surface area contributed by atoms with E-state index in [1.54, 1.807) is 59.6 Å². The molecule has 0 aliphatic carbocycles. The molecule has 0 saturated heterocycles. The predicted molar refractivity (Wildman–Crippen MR) is 109 cm³/mol. The van der Waals surface area contributed by atoms with E-state index in [1.807, 2.05) is 23.6 Å². The minimum absolute atomic E-state index is 0.0417. The van der Waals surface area contributed by atoms with Gasteiger partial charge in [0.2, 0.25) is 11.8 Å². The second kappa shape index (κ2) is 10.5. The molecule has 7 heteroatoms. The number of rotatable bonds is 10. The smallest absolute Gasteiger partial charge is 0.238 e. The van der Waals surface area contributed by atoms with Crippen LogP contribution in [0.5, 0.6) is 5.75 Å². The van der Waals surface area contributed by atoms with Crippen molar-refractivity contribution >= 4 is 28.8 Å². The van der Waals surface area contributed by atoms with Crippen molar-refractivity contribution in [3.05, 3.63) is 59.3 Å². The SMILES string of the molecule is C=CCN(Cc1cccs1)C(=O)CN(C)CC(=O)Nc1cccc(OC)c1. The molecular weight excluding hydrogens is 362 g/mol. The quantitative estimate of drug-likeness (QED) is 0.637. The lowest BCUT2D eigenvalue weighted by atomic mass is 10.3. The predicted octanol–water partition coefficient (Wildman–Crippen LogP) is 2.84. The van der Waals surface area contributed by atoms with E-state index < -0.39 is 0 Å². The summed E-state index contributed by atoms with van der Waals surface area (Å²) in [4.78, 5) is 29.4. The zero-order chi connectivity index (χ0) is 19.6. The number of benzene rings is 1. The fraction of sp³-hybridized carbons (Fsp3) is 0.300. The van der Waals surface area contributed by atoms with Crippen LogP contribution in [0.4, 0.5) is 5.69 Å². The summed E-state index contributed by atoms with van der Waals surface area (Å²) < 4.78 is 5.14. The van der Waals surface area contributed by atoms with E-state index in [9.17, 15) is 9.59 Å². The van der Waals surface area contributed by atoms with Crippen molar-refractivity contribution in [3.63, 3.8) is 0 Å². The molecule has 1 aromatic heterocycles. The van der Waals surface area contributed by atoms with E-state index in [1.165, 1.54) is 0 Å². The number of carbonyl (C=O) groups is 2. The number of amides is 2. The van der Waals surface area contributed by atoms with Crippen molar-refractivity contribution in [2.24, 2.45) is 0 Å². The van der Waals surface area contributed by atoms with Crippen LogP contribution in [0.2, 0.25) is 0 Å². The van der Waals surface area contributed by atoms with Crippen molar-refractivity contribution in [1.29, 1.82) is 0 Å². The maximum absolute atomic E-state index is 12.6. The van der Waals surface area contributed by atoms with Gasteiger partial charge in [-0.25, -0.2) is 0 Å². The maximum atomic E-state index is 12.6. The summed E-state index contributed by atoms with van der Waals surface area (Å²) in [6.45, 7) is 5.02. The number of ether oxygens (including phenoxy) is 1. The molecule has 0 atom stereocenters. The molecule has 0 bridgehead atoms. The zero-order valence-corrected chi connectivity index (χ0v) is 16.5. The van der Waals surface area contributed by atoms with E-state index in [2.05, 4.69) is 11.9 Å². The first kappa shape index (κ1) is 20.7. The molecular formula is C20H25N3O3S. The van der Waals surface area contributed by atoms with Crippen LogP contribution in [0.1, 0.15) is 4.88 Å². The Bertz CT molecular complexity index is 762. The number of methoxy groups -OCH3 is 1. The molecule has 0 unspecified atom stereocenters. The van der Waals surface area contributed by atoms with Crippen molar-refractivity contribution in [3.8, 4) is 5.75 Å². The second-order valence-corrected chi connectivity index (χ2v) is 7.13. The molecule has 2 rings (SSSR count). The molecule has 0 radical (unpaired) electrons. The van der Waals surface area contributed by atoms with Gasteiger partial charge < -0.3 is 15.0 Å². The van der Waals surface area contributed by atoms with Gasteiger partial charge >= 0.3 is 0 Å². The van der Waals surface area contributed by atoms with Crippen LogP contribution in [0.3, 0.4) is 0 Å². The normalized spacial score (nSPS) is 10.5. The Morgan fingerprint density at radius 1 is 1.26 bits per heavy atom. The van der Waals surface area contributed by atoms with Gasteiger partial charge in [0.25, 0.3) is 0 Å². The first-order valence-electron chi connectivity index (χ1n) is 8.55. The molecule has 2 amide bonds. The topological polar surface area (TPSA) is 61.9 Å². The Morgan fingerprint density at radius 2 is 2.07 bits per heavy atom. The third-order valence-electron chi connectivity index (χ3n) is 3.80. The van der Waals surface area contributed by atoms with E-state index in [0.717, 1.165) is 4.88 Å². The summed E-state index contributed by atoms with van der Waals surface area (Å²) in [6.07, 6.45) is 1.71.